The van der Waals surface area contributed by atoms with Crippen molar-refractivity contribution in [1.29, 1.82) is 0 Å². The fourth-order valence-electron chi connectivity index (χ4n) is 7.98. The van der Waals surface area contributed by atoms with Crippen LogP contribution in [0.4, 0.5) is 0 Å². The van der Waals surface area contributed by atoms with E-state index in [1.165, 1.54) is 44.9 Å². The quantitative estimate of drug-likeness (QED) is 0.605. The summed E-state index contributed by atoms with van der Waals surface area (Å²) in [5, 5.41) is 11.0. The smallest absolute Gasteiger partial charge is 0.0650 e. The van der Waals surface area contributed by atoms with Gasteiger partial charge in [0.05, 0.1) is 5.60 Å². The molecule has 0 spiro atoms. The Morgan fingerprint density at radius 2 is 1.83 bits per heavy atom. The molecule has 4 aliphatic carbocycles. The fraction of sp³-hybridized carbons (Fsp3) is 0.913. The Morgan fingerprint density at radius 1 is 1.04 bits per heavy atom. The Morgan fingerprint density at radius 3 is 2.58 bits per heavy atom. The average molecular weight is 331 g/mol. The molecule has 4 fully saturated rings. The second-order valence-electron chi connectivity index (χ2n) is 9.96. The first-order valence-corrected chi connectivity index (χ1v) is 10.9. The van der Waals surface area contributed by atoms with Gasteiger partial charge in [-0.2, -0.15) is 0 Å². The van der Waals surface area contributed by atoms with Crippen LogP contribution in [0.1, 0.15) is 91.4 Å². The highest BCUT2D eigenvalue weighted by molar-refractivity contribution is 5.23. The minimum absolute atomic E-state index is 0.322. The van der Waals surface area contributed by atoms with Crippen molar-refractivity contribution in [2.24, 2.45) is 35.0 Å². The summed E-state index contributed by atoms with van der Waals surface area (Å²) in [5.41, 5.74) is 1.98. The SMILES string of the molecule is C/C=C1/CC[C@H]2[C@@H]3CC[C@H]4C[C@@](O)(CCC)CC[C@@H]4[C@H]3CCC12C. The van der Waals surface area contributed by atoms with Gasteiger partial charge >= 0.3 is 0 Å². The van der Waals surface area contributed by atoms with Crippen molar-refractivity contribution in [1.82, 2.24) is 0 Å². The van der Waals surface area contributed by atoms with E-state index in [2.05, 4.69) is 26.8 Å². The molecule has 1 N–H and O–H groups in total. The van der Waals surface area contributed by atoms with E-state index in [-0.39, 0.29) is 5.60 Å². The van der Waals surface area contributed by atoms with Gasteiger partial charge in [0.2, 0.25) is 0 Å². The van der Waals surface area contributed by atoms with Crippen LogP contribution in [0.5, 0.6) is 0 Å². The lowest BCUT2D eigenvalue weighted by Gasteiger charge is -2.56. The van der Waals surface area contributed by atoms with E-state index in [9.17, 15) is 5.11 Å². The van der Waals surface area contributed by atoms with E-state index in [4.69, 9.17) is 0 Å². The second kappa shape index (κ2) is 6.15. The first kappa shape index (κ1) is 17.1. The Bertz CT molecular complexity index is 508. The molecule has 0 bridgehead atoms. The number of aliphatic hydroxyl groups is 1. The normalized spacial score (nSPS) is 52.7. The zero-order chi connectivity index (χ0) is 16.9. The van der Waals surface area contributed by atoms with Gasteiger partial charge in [0.25, 0.3) is 0 Å². The second-order valence-corrected chi connectivity index (χ2v) is 9.96. The molecule has 24 heavy (non-hydrogen) atoms. The Balaban J connectivity index is 1.52. The molecule has 0 aliphatic heterocycles. The summed E-state index contributed by atoms with van der Waals surface area (Å²) in [6.07, 6.45) is 16.6. The molecule has 4 rings (SSSR count). The fourth-order valence-corrected chi connectivity index (χ4v) is 7.98. The molecule has 0 aromatic carbocycles. The summed E-state index contributed by atoms with van der Waals surface area (Å²) in [6.45, 7) is 7.08. The third kappa shape index (κ3) is 2.52. The number of allylic oxidation sites excluding steroid dienone is 2. The van der Waals surface area contributed by atoms with Crippen LogP contribution in [0, 0.1) is 35.0 Å². The van der Waals surface area contributed by atoms with Gasteiger partial charge in [0, 0.05) is 0 Å². The highest BCUT2D eigenvalue weighted by atomic mass is 16.3. The van der Waals surface area contributed by atoms with Crippen LogP contribution < -0.4 is 0 Å². The third-order valence-corrected chi connectivity index (χ3v) is 9.02. The van der Waals surface area contributed by atoms with E-state index in [0.717, 1.165) is 55.3 Å². The Hall–Kier alpha value is -0.300. The molecule has 0 aromatic rings. The van der Waals surface area contributed by atoms with Gasteiger partial charge in [0.15, 0.2) is 0 Å². The summed E-state index contributed by atoms with van der Waals surface area (Å²) in [5.74, 6) is 4.67. The maximum absolute atomic E-state index is 11.0. The summed E-state index contributed by atoms with van der Waals surface area (Å²) in [7, 11) is 0. The van der Waals surface area contributed by atoms with Crippen molar-refractivity contribution in [3.8, 4) is 0 Å². The molecule has 4 aliphatic rings. The lowest BCUT2D eigenvalue weighted by molar-refractivity contribution is -0.0998. The zero-order valence-corrected chi connectivity index (χ0v) is 16.2. The number of rotatable bonds is 2. The topological polar surface area (TPSA) is 20.2 Å². The average Bonchev–Trinajstić information content (AvgIpc) is 2.90. The molecule has 0 amide bonds. The molecule has 0 aromatic heterocycles. The molecule has 0 saturated heterocycles. The maximum Gasteiger partial charge on any atom is 0.0650 e. The van der Waals surface area contributed by atoms with Crippen LogP contribution in [0.15, 0.2) is 11.6 Å². The molecular weight excluding hydrogens is 292 g/mol. The van der Waals surface area contributed by atoms with Crippen molar-refractivity contribution >= 4 is 0 Å². The first-order chi connectivity index (χ1) is 11.5. The number of fused-ring (bicyclic) bond motifs is 5. The third-order valence-electron chi connectivity index (χ3n) is 9.02. The largest absolute Gasteiger partial charge is 0.390 e. The lowest BCUT2D eigenvalue weighted by atomic mass is 9.49. The molecule has 1 nitrogen and oxygen atoms in total. The van der Waals surface area contributed by atoms with E-state index in [1.54, 1.807) is 5.57 Å². The van der Waals surface area contributed by atoms with Crippen molar-refractivity contribution in [3.63, 3.8) is 0 Å². The minimum atomic E-state index is -0.322. The van der Waals surface area contributed by atoms with Gasteiger partial charge in [-0.05, 0) is 106 Å². The van der Waals surface area contributed by atoms with Crippen molar-refractivity contribution in [2.45, 2.75) is 97.0 Å². The molecule has 7 atom stereocenters. The Kier molecular flexibility index (Phi) is 4.39. The van der Waals surface area contributed by atoms with Crippen molar-refractivity contribution in [3.05, 3.63) is 11.6 Å². The van der Waals surface area contributed by atoms with Crippen molar-refractivity contribution < 1.29 is 5.11 Å². The van der Waals surface area contributed by atoms with Gasteiger partial charge in [-0.1, -0.05) is 31.9 Å². The molecule has 1 heteroatoms. The molecular formula is C23H38O. The summed E-state index contributed by atoms with van der Waals surface area (Å²) in [4.78, 5) is 0. The van der Waals surface area contributed by atoms with E-state index in [0.29, 0.717) is 5.41 Å². The van der Waals surface area contributed by atoms with Gasteiger partial charge < -0.3 is 5.11 Å². The molecule has 1 unspecified atom stereocenters. The molecule has 0 radical (unpaired) electrons. The Labute approximate surface area is 149 Å². The highest BCUT2D eigenvalue weighted by Gasteiger charge is 2.55. The standard InChI is InChI=1S/C23H38O/c1-4-12-23(24)14-11-18-16(15-23)6-8-20-19(18)10-13-22(3)17(5-2)7-9-21(20)22/h5,16,18-21,24H,4,6-15H2,1-3H3/b17-5-/t16-,18-,19+,20+,21-,22?,23+/m0/s1. The van der Waals surface area contributed by atoms with Crippen LogP contribution in [-0.4, -0.2) is 10.7 Å². The number of hydrogen-bond acceptors (Lipinski definition) is 1. The predicted octanol–water partition coefficient (Wildman–Crippen LogP) is 6.12. The first-order valence-electron chi connectivity index (χ1n) is 10.9. The van der Waals surface area contributed by atoms with Gasteiger partial charge in [0.1, 0.15) is 0 Å². The van der Waals surface area contributed by atoms with Crippen LogP contribution in [-0.2, 0) is 0 Å². The van der Waals surface area contributed by atoms with Gasteiger partial charge in [-0.15, -0.1) is 0 Å². The summed E-state index contributed by atoms with van der Waals surface area (Å²) >= 11 is 0. The highest BCUT2D eigenvalue weighted by Crippen LogP contribution is 2.64. The molecule has 4 saturated carbocycles. The monoisotopic (exact) mass is 330 g/mol. The lowest BCUT2D eigenvalue weighted by Crippen LogP contribution is -2.50. The van der Waals surface area contributed by atoms with E-state index < -0.39 is 0 Å². The summed E-state index contributed by atoms with van der Waals surface area (Å²) < 4.78 is 0. The molecule has 136 valence electrons. The van der Waals surface area contributed by atoms with Crippen LogP contribution in [0.3, 0.4) is 0 Å². The van der Waals surface area contributed by atoms with Gasteiger partial charge in [-0.3, -0.25) is 0 Å². The van der Waals surface area contributed by atoms with Crippen LogP contribution in [0.25, 0.3) is 0 Å². The van der Waals surface area contributed by atoms with Crippen LogP contribution >= 0.6 is 0 Å². The summed E-state index contributed by atoms with van der Waals surface area (Å²) in [6, 6.07) is 0. The minimum Gasteiger partial charge on any atom is -0.390 e. The molecule has 0 heterocycles. The zero-order valence-electron chi connectivity index (χ0n) is 16.2. The maximum atomic E-state index is 11.0. The predicted molar refractivity (Wildman–Crippen MR) is 101 cm³/mol. The number of hydrogen-bond donors (Lipinski definition) is 1. The van der Waals surface area contributed by atoms with Crippen LogP contribution in [0.2, 0.25) is 0 Å². The van der Waals surface area contributed by atoms with E-state index in [1.807, 2.05) is 0 Å². The van der Waals surface area contributed by atoms with E-state index >= 15 is 0 Å². The van der Waals surface area contributed by atoms with Crippen molar-refractivity contribution in [2.75, 3.05) is 0 Å². The van der Waals surface area contributed by atoms with Gasteiger partial charge in [-0.25, -0.2) is 0 Å².